The van der Waals surface area contributed by atoms with E-state index in [1.165, 1.54) is 16.0 Å². The van der Waals surface area contributed by atoms with Crippen LogP contribution in [-0.4, -0.2) is 4.98 Å². The second-order valence-corrected chi connectivity index (χ2v) is 3.66. The Kier molecular flexibility index (Phi) is 1.47. The van der Waals surface area contributed by atoms with E-state index in [1.807, 2.05) is 18.2 Å². The van der Waals surface area contributed by atoms with Gasteiger partial charge in [-0.15, -0.1) is 11.3 Å². The molecule has 1 aromatic heterocycles. The van der Waals surface area contributed by atoms with E-state index >= 15 is 0 Å². The molecule has 1 radical (unpaired) electrons. The molecule has 0 fully saturated rings. The Balaban J connectivity index is 2.86. The molecule has 0 amide bonds. The monoisotopic (exact) mass is 212 g/mol. The van der Waals surface area contributed by atoms with Gasteiger partial charge < -0.3 is 0 Å². The van der Waals surface area contributed by atoms with Crippen molar-refractivity contribution in [1.82, 2.24) is 4.98 Å². The quantitative estimate of drug-likeness (QED) is 0.655. The Hall–Kier alpha value is -0.410. The van der Waals surface area contributed by atoms with Crippen molar-refractivity contribution in [3.05, 3.63) is 28.2 Å². The molecule has 1 heterocycles. The fourth-order valence-electron chi connectivity index (χ4n) is 0.785. The van der Waals surface area contributed by atoms with Crippen LogP contribution in [0.5, 0.6) is 0 Å². The molecule has 10 heavy (non-hydrogen) atoms. The maximum Gasteiger partial charge on any atom is 0.153 e. The number of thiazole rings is 1. The fraction of sp³-hybridized carbons (Fsp3) is 0. The molecule has 0 aliphatic rings. The summed E-state index contributed by atoms with van der Waals surface area (Å²) in [6, 6.07) is 6.03. The lowest BCUT2D eigenvalue weighted by molar-refractivity contribution is 1.48. The van der Waals surface area contributed by atoms with Gasteiger partial charge in [0, 0.05) is 4.47 Å². The number of halogens is 1. The number of nitrogens with zero attached hydrogens (tertiary/aromatic N) is 1. The molecule has 0 unspecified atom stereocenters. The van der Waals surface area contributed by atoms with Gasteiger partial charge in [-0.3, -0.25) is 0 Å². The molecule has 0 saturated carbocycles. The average Bonchev–Trinajstić information content (AvgIpc) is 2.33. The zero-order valence-corrected chi connectivity index (χ0v) is 7.37. The molecule has 0 aliphatic heterocycles. The number of benzene rings is 1. The van der Waals surface area contributed by atoms with Gasteiger partial charge in [-0.1, -0.05) is 15.9 Å². The van der Waals surface area contributed by atoms with Crippen LogP contribution in [0, 0.1) is 5.51 Å². The first-order valence-electron chi connectivity index (χ1n) is 2.78. The third-order valence-corrected chi connectivity index (χ3v) is 2.48. The Morgan fingerprint density at radius 3 is 3.30 bits per heavy atom. The number of hydrogen-bond acceptors (Lipinski definition) is 2. The Morgan fingerprint density at radius 2 is 2.40 bits per heavy atom. The van der Waals surface area contributed by atoms with E-state index in [4.69, 9.17) is 0 Å². The number of rotatable bonds is 0. The van der Waals surface area contributed by atoms with Gasteiger partial charge in [0.05, 0.1) is 10.2 Å². The molecular weight excluding hydrogens is 210 g/mol. The summed E-state index contributed by atoms with van der Waals surface area (Å²) in [6.07, 6.45) is 0. The summed E-state index contributed by atoms with van der Waals surface area (Å²) in [5.74, 6) is 0. The van der Waals surface area contributed by atoms with Crippen LogP contribution in [0.25, 0.3) is 10.2 Å². The van der Waals surface area contributed by atoms with Crippen LogP contribution in [0.15, 0.2) is 22.7 Å². The lowest BCUT2D eigenvalue weighted by Crippen LogP contribution is -1.65. The zero-order valence-electron chi connectivity index (χ0n) is 4.97. The molecule has 2 rings (SSSR count). The molecule has 0 N–H and O–H groups in total. The second-order valence-electron chi connectivity index (χ2n) is 1.92. The highest BCUT2D eigenvalue weighted by molar-refractivity contribution is 9.10. The van der Waals surface area contributed by atoms with E-state index in [0.29, 0.717) is 0 Å². The van der Waals surface area contributed by atoms with Gasteiger partial charge in [-0.05, 0) is 18.2 Å². The van der Waals surface area contributed by atoms with E-state index in [-0.39, 0.29) is 0 Å². The Labute approximate surface area is 70.8 Å². The maximum atomic E-state index is 4.04. The number of aromatic nitrogens is 1. The van der Waals surface area contributed by atoms with Crippen LogP contribution in [0.4, 0.5) is 0 Å². The molecule has 2 aromatic rings. The van der Waals surface area contributed by atoms with Gasteiger partial charge in [0.2, 0.25) is 0 Å². The first-order chi connectivity index (χ1) is 4.86. The van der Waals surface area contributed by atoms with Crippen molar-refractivity contribution in [2.75, 3.05) is 0 Å². The summed E-state index contributed by atoms with van der Waals surface area (Å²) in [5, 5.41) is 0. The maximum absolute atomic E-state index is 4.04. The van der Waals surface area contributed by atoms with E-state index in [1.54, 1.807) is 0 Å². The molecule has 0 aliphatic carbocycles. The van der Waals surface area contributed by atoms with Gasteiger partial charge >= 0.3 is 0 Å². The first-order valence-corrected chi connectivity index (χ1v) is 4.39. The van der Waals surface area contributed by atoms with Crippen molar-refractivity contribution in [3.8, 4) is 0 Å². The predicted molar refractivity (Wildman–Crippen MR) is 46.2 cm³/mol. The van der Waals surface area contributed by atoms with E-state index in [0.717, 1.165) is 9.99 Å². The third-order valence-electron chi connectivity index (χ3n) is 1.24. The smallest absolute Gasteiger partial charge is 0.153 e. The largest absolute Gasteiger partial charge is 0.233 e. The lowest BCUT2D eigenvalue weighted by Gasteiger charge is -1.86. The predicted octanol–water partition coefficient (Wildman–Crippen LogP) is 2.86. The second kappa shape index (κ2) is 2.32. The topological polar surface area (TPSA) is 12.9 Å². The Morgan fingerprint density at radius 1 is 1.50 bits per heavy atom. The van der Waals surface area contributed by atoms with Crippen LogP contribution < -0.4 is 0 Å². The highest BCUT2D eigenvalue weighted by Crippen LogP contribution is 2.20. The van der Waals surface area contributed by atoms with Crippen LogP contribution in [-0.2, 0) is 0 Å². The van der Waals surface area contributed by atoms with Crippen LogP contribution in [0.1, 0.15) is 0 Å². The van der Waals surface area contributed by atoms with Crippen LogP contribution in [0.2, 0.25) is 0 Å². The number of fused-ring (bicyclic) bond motifs is 1. The fourth-order valence-corrected chi connectivity index (χ4v) is 1.72. The van der Waals surface area contributed by atoms with Crippen LogP contribution >= 0.6 is 27.3 Å². The number of hydrogen-bond donors (Lipinski definition) is 0. The highest BCUT2D eigenvalue weighted by Gasteiger charge is 1.95. The average molecular weight is 213 g/mol. The molecule has 1 aromatic carbocycles. The van der Waals surface area contributed by atoms with E-state index in [2.05, 4.69) is 26.4 Å². The highest BCUT2D eigenvalue weighted by atomic mass is 79.9. The first kappa shape index (κ1) is 6.31. The molecular formula is C7H3BrNS. The summed E-state index contributed by atoms with van der Waals surface area (Å²) in [4.78, 5) is 4.04. The zero-order chi connectivity index (χ0) is 6.97. The van der Waals surface area contributed by atoms with E-state index < -0.39 is 0 Å². The van der Waals surface area contributed by atoms with Crippen LogP contribution in [0.3, 0.4) is 0 Å². The van der Waals surface area contributed by atoms with Gasteiger partial charge in [0.15, 0.2) is 5.51 Å². The Bertz CT molecular complexity index is 355. The molecule has 1 nitrogen and oxygen atoms in total. The SMILES string of the molecule is Brc1ccc2s[c]nc2c1. The van der Waals surface area contributed by atoms with Crippen molar-refractivity contribution < 1.29 is 0 Å². The summed E-state index contributed by atoms with van der Waals surface area (Å²) >= 11 is 4.91. The van der Waals surface area contributed by atoms with Gasteiger partial charge in [-0.2, -0.15) is 0 Å². The lowest BCUT2D eigenvalue weighted by atomic mass is 10.3. The normalized spacial score (nSPS) is 10.5. The molecule has 3 heteroatoms. The van der Waals surface area contributed by atoms with Crippen molar-refractivity contribution in [1.29, 1.82) is 0 Å². The summed E-state index contributed by atoms with van der Waals surface area (Å²) in [6.45, 7) is 0. The molecule has 0 bridgehead atoms. The molecule has 0 atom stereocenters. The molecule has 49 valence electrons. The summed E-state index contributed by atoms with van der Waals surface area (Å²) in [5.41, 5.74) is 3.85. The standard InChI is InChI=1S/C7H3BrNS/c8-5-1-2-7-6(3-5)9-4-10-7/h1-3H. The van der Waals surface area contributed by atoms with E-state index in [9.17, 15) is 0 Å². The minimum Gasteiger partial charge on any atom is -0.233 e. The van der Waals surface area contributed by atoms with Gasteiger partial charge in [-0.25, -0.2) is 4.98 Å². The van der Waals surface area contributed by atoms with Crippen molar-refractivity contribution in [3.63, 3.8) is 0 Å². The summed E-state index contributed by atoms with van der Waals surface area (Å²) in [7, 11) is 0. The van der Waals surface area contributed by atoms with Crippen molar-refractivity contribution >= 4 is 37.5 Å². The minimum atomic E-state index is 1.01. The van der Waals surface area contributed by atoms with Crippen molar-refractivity contribution in [2.45, 2.75) is 0 Å². The minimum absolute atomic E-state index is 1.01. The summed E-state index contributed by atoms with van der Waals surface area (Å²) < 4.78 is 2.25. The van der Waals surface area contributed by atoms with Gasteiger partial charge in [0.25, 0.3) is 0 Å². The third kappa shape index (κ3) is 0.954. The van der Waals surface area contributed by atoms with Gasteiger partial charge in [0.1, 0.15) is 0 Å². The molecule has 0 saturated heterocycles. The van der Waals surface area contributed by atoms with Crippen molar-refractivity contribution in [2.24, 2.45) is 0 Å². The molecule has 0 spiro atoms.